The third-order valence-corrected chi connectivity index (χ3v) is 0.183. The van der Waals surface area contributed by atoms with Crippen LogP contribution in [-0.4, -0.2) is 51.7 Å². The standard InChI is InChI=1S/C2H2O4.Na.Nb.H/c3-1(4)2(5)6;;;/h(H,3,4)(H,5,6);;;. The number of carbonyl (C=O) groups is 2. The molecule has 0 unspecified atom stereocenters. The number of aliphatic carboxylic acids is 2. The van der Waals surface area contributed by atoms with Crippen LogP contribution < -0.4 is 0 Å². The number of hydrogen-bond donors (Lipinski definition) is 2. The van der Waals surface area contributed by atoms with Gasteiger partial charge in [-0.2, -0.15) is 0 Å². The molecule has 0 amide bonds. The smallest absolute Gasteiger partial charge is 0 e. The second-order valence-corrected chi connectivity index (χ2v) is 0.610. The van der Waals surface area contributed by atoms with Crippen LogP contribution in [0.1, 0.15) is 0 Å². The summed E-state index contributed by atoms with van der Waals surface area (Å²) in [5.41, 5.74) is 0. The van der Waals surface area contributed by atoms with Crippen molar-refractivity contribution in [1.29, 1.82) is 0 Å². The van der Waals surface area contributed by atoms with Gasteiger partial charge in [0.2, 0.25) is 0 Å². The first kappa shape index (κ1) is 15.9. The van der Waals surface area contributed by atoms with Crippen molar-refractivity contribution < 1.29 is 42.2 Å². The van der Waals surface area contributed by atoms with Crippen molar-refractivity contribution in [2.45, 2.75) is 0 Å². The molecule has 0 spiro atoms. The van der Waals surface area contributed by atoms with Crippen molar-refractivity contribution in [1.82, 2.24) is 0 Å². The van der Waals surface area contributed by atoms with Crippen LogP contribution in [0.5, 0.6) is 0 Å². The van der Waals surface area contributed by atoms with Crippen molar-refractivity contribution in [3.05, 3.63) is 0 Å². The van der Waals surface area contributed by atoms with Crippen molar-refractivity contribution in [2.75, 3.05) is 0 Å². The summed E-state index contributed by atoms with van der Waals surface area (Å²) in [7, 11) is 0. The minimum Gasteiger partial charge on any atom is 0 e. The predicted molar refractivity (Wildman–Crippen MR) is 22.4 cm³/mol. The Morgan fingerprint density at radius 1 is 1.00 bits per heavy atom. The second kappa shape index (κ2) is 7.68. The van der Waals surface area contributed by atoms with Gasteiger partial charge in [0.05, 0.1) is 0 Å². The molecule has 0 aliphatic heterocycles. The van der Waals surface area contributed by atoms with Crippen molar-refractivity contribution in [3.63, 3.8) is 0 Å². The zero-order chi connectivity index (χ0) is 5.15. The second-order valence-electron chi connectivity index (χ2n) is 0.610. The maximum atomic E-state index is 9.10. The molecule has 0 heterocycles. The Bertz CT molecular complexity index is 80.0. The van der Waals surface area contributed by atoms with Crippen molar-refractivity contribution in [3.8, 4) is 0 Å². The van der Waals surface area contributed by atoms with E-state index in [9.17, 15) is 0 Å². The molecule has 4 nitrogen and oxygen atoms in total. The van der Waals surface area contributed by atoms with Crippen molar-refractivity contribution in [2.24, 2.45) is 0 Å². The van der Waals surface area contributed by atoms with E-state index in [0.717, 1.165) is 0 Å². The zero-order valence-electron chi connectivity index (χ0n) is 3.16. The summed E-state index contributed by atoms with van der Waals surface area (Å²) in [5, 5.41) is 14.8. The van der Waals surface area contributed by atoms with E-state index >= 15 is 0 Å². The van der Waals surface area contributed by atoms with E-state index in [2.05, 4.69) is 0 Å². The predicted octanol–water partition coefficient (Wildman–Crippen LogP) is -1.50. The van der Waals surface area contributed by atoms with E-state index < -0.39 is 11.9 Å². The molecule has 6 heteroatoms. The quantitative estimate of drug-likeness (QED) is 0.374. The van der Waals surface area contributed by atoms with E-state index in [1.807, 2.05) is 0 Å². The molecule has 0 aliphatic rings. The van der Waals surface area contributed by atoms with Gasteiger partial charge in [-0.05, 0) is 0 Å². The van der Waals surface area contributed by atoms with Crippen LogP contribution in [-0.2, 0) is 32.0 Å². The van der Waals surface area contributed by atoms with E-state index in [-0.39, 0.29) is 51.9 Å². The zero-order valence-corrected chi connectivity index (χ0v) is 5.36. The first-order valence-electron chi connectivity index (χ1n) is 1.11. The summed E-state index contributed by atoms with van der Waals surface area (Å²) in [6.45, 7) is 0. The molecule has 0 atom stereocenters. The molecule has 1 radical (unpaired) electrons. The van der Waals surface area contributed by atoms with Gasteiger partial charge in [-0.3, -0.25) is 0 Å². The molecule has 41 valence electrons. The number of rotatable bonds is 0. The Hall–Kier alpha value is 0.680. The van der Waals surface area contributed by atoms with Crippen LogP contribution in [0.3, 0.4) is 0 Å². The summed E-state index contributed by atoms with van der Waals surface area (Å²) < 4.78 is 0. The molecule has 0 aromatic heterocycles. The molecule has 0 fully saturated rings. The molecular weight excluding hydrogens is 204 g/mol. The topological polar surface area (TPSA) is 74.6 Å². The molecule has 0 saturated heterocycles. The normalized spacial score (nSPS) is 5.50. The van der Waals surface area contributed by atoms with Gasteiger partial charge in [-0.1, -0.05) is 0 Å². The maximum absolute atomic E-state index is 9.10. The number of carboxylic acids is 2. The number of hydrogen-bond acceptors (Lipinski definition) is 2. The van der Waals surface area contributed by atoms with E-state index in [1.54, 1.807) is 0 Å². The fourth-order valence-electron chi connectivity index (χ4n) is 0. The Balaban J connectivity index is -0.000000125. The molecule has 0 bridgehead atoms. The Morgan fingerprint density at radius 3 is 1.12 bits per heavy atom. The summed E-state index contributed by atoms with van der Waals surface area (Å²) in [6.07, 6.45) is 0. The van der Waals surface area contributed by atoms with Gasteiger partial charge in [-0.15, -0.1) is 0 Å². The van der Waals surface area contributed by atoms with E-state index in [0.29, 0.717) is 0 Å². The Kier molecular flexibility index (Phi) is 15.2. The third-order valence-electron chi connectivity index (χ3n) is 0.183. The molecule has 8 heavy (non-hydrogen) atoms. The SMILES string of the molecule is O=C(O)C(=O)O.[NaH].[Nb]. The molecule has 0 aliphatic carbocycles. The van der Waals surface area contributed by atoms with Crippen LogP contribution >= 0.6 is 0 Å². The Morgan fingerprint density at radius 2 is 1.12 bits per heavy atom. The van der Waals surface area contributed by atoms with Gasteiger partial charge in [0.25, 0.3) is 0 Å². The minimum absolute atomic E-state index is 0. The molecule has 0 aromatic rings. The van der Waals surface area contributed by atoms with E-state index in [4.69, 9.17) is 19.8 Å². The first-order chi connectivity index (χ1) is 2.64. The van der Waals surface area contributed by atoms with Crippen LogP contribution in [0.4, 0.5) is 0 Å². The third kappa shape index (κ3) is 9.84. The molecule has 0 saturated carbocycles. The van der Waals surface area contributed by atoms with E-state index in [1.165, 1.54) is 0 Å². The number of carboxylic acid groups (broad SMARTS) is 2. The van der Waals surface area contributed by atoms with Crippen LogP contribution in [0.25, 0.3) is 0 Å². The van der Waals surface area contributed by atoms with Gasteiger partial charge in [-0.25, -0.2) is 9.59 Å². The fraction of sp³-hybridized carbons (Fsp3) is 0. The van der Waals surface area contributed by atoms with Gasteiger partial charge in [0, 0.05) is 22.4 Å². The van der Waals surface area contributed by atoms with Gasteiger partial charge < -0.3 is 10.2 Å². The fourth-order valence-corrected chi connectivity index (χ4v) is 0. The first-order valence-corrected chi connectivity index (χ1v) is 1.11. The molecular formula is C2H3NaNbO4. The van der Waals surface area contributed by atoms with Gasteiger partial charge >= 0.3 is 41.5 Å². The maximum Gasteiger partial charge on any atom is 0 e. The summed E-state index contributed by atoms with van der Waals surface area (Å²) >= 11 is 0. The molecule has 0 rings (SSSR count). The van der Waals surface area contributed by atoms with Crippen molar-refractivity contribution >= 4 is 41.5 Å². The van der Waals surface area contributed by atoms with Crippen LogP contribution in [0.2, 0.25) is 0 Å². The monoisotopic (exact) mass is 207 g/mol. The summed E-state index contributed by atoms with van der Waals surface area (Å²) in [4.78, 5) is 18.2. The van der Waals surface area contributed by atoms with Gasteiger partial charge in [0.1, 0.15) is 0 Å². The van der Waals surface area contributed by atoms with Crippen LogP contribution in [0, 0.1) is 0 Å². The largest absolute Gasteiger partial charge is 0 e. The summed E-state index contributed by atoms with van der Waals surface area (Å²) in [6, 6.07) is 0. The molecule has 0 aromatic carbocycles. The summed E-state index contributed by atoms with van der Waals surface area (Å²) in [5.74, 6) is -3.65. The average molecular weight is 207 g/mol. The molecule has 2 N–H and O–H groups in total. The Labute approximate surface area is 83.1 Å². The van der Waals surface area contributed by atoms with Crippen LogP contribution in [0.15, 0.2) is 0 Å². The average Bonchev–Trinajstić information content (AvgIpc) is 1.36. The minimum atomic E-state index is -1.82. The van der Waals surface area contributed by atoms with Gasteiger partial charge in [0.15, 0.2) is 0 Å².